The minimum Gasteiger partial charge on any atom is -0.397 e. The Balaban J connectivity index is 0.000000185. The van der Waals surface area contributed by atoms with Crippen molar-refractivity contribution in [1.82, 2.24) is 9.55 Å². The molecule has 0 aliphatic rings. The number of aromatic nitrogens is 2. The molecule has 0 radical (unpaired) electrons. The third-order valence-corrected chi connectivity index (χ3v) is 3.74. The van der Waals surface area contributed by atoms with Crippen LogP contribution in [0.25, 0.3) is 11.0 Å². The highest BCUT2D eigenvalue weighted by atomic mass is 15.1. The van der Waals surface area contributed by atoms with E-state index in [0.717, 1.165) is 35.8 Å². The number of nitrogen functional groups attached to an aromatic ring is 1. The van der Waals surface area contributed by atoms with Crippen LogP contribution in [0.1, 0.15) is 32.6 Å². The lowest BCUT2D eigenvalue weighted by molar-refractivity contribution is 0.650. The van der Waals surface area contributed by atoms with Crippen LogP contribution in [0.3, 0.4) is 0 Å². The minimum atomic E-state index is -0.0117. The molecule has 0 bridgehead atoms. The Bertz CT molecular complexity index is 776. The average molecular weight is 325 g/mol. The molecule has 0 amide bonds. The van der Waals surface area contributed by atoms with Crippen molar-refractivity contribution in [2.75, 3.05) is 17.6 Å². The van der Waals surface area contributed by atoms with Gasteiger partial charge in [-0.25, -0.2) is 4.98 Å². The summed E-state index contributed by atoms with van der Waals surface area (Å²) in [7, 11) is 0. The Labute approximate surface area is 143 Å². The van der Waals surface area contributed by atoms with Crippen molar-refractivity contribution in [1.29, 1.82) is 0 Å². The molecule has 3 rings (SSSR count). The van der Waals surface area contributed by atoms with Crippen LogP contribution < -0.4 is 16.8 Å². The van der Waals surface area contributed by atoms with Crippen LogP contribution in [-0.4, -0.2) is 16.1 Å². The highest BCUT2D eigenvalue weighted by Gasteiger charge is 2.11. The highest BCUT2D eigenvalue weighted by Crippen LogP contribution is 2.19. The summed E-state index contributed by atoms with van der Waals surface area (Å²) in [5.41, 5.74) is 15.5. The number of hydrogen-bond donors (Lipinski definition) is 3. The zero-order valence-corrected chi connectivity index (χ0v) is 14.7. The molecular formula is C19H27N5. The molecule has 1 atom stereocenters. The first-order chi connectivity index (χ1) is 11.6. The molecule has 2 aromatic carbocycles. The number of rotatable bonds is 4. The van der Waals surface area contributed by atoms with Gasteiger partial charge in [-0.05, 0) is 45.0 Å². The quantitative estimate of drug-likeness (QED) is 0.638. The molecule has 0 fully saturated rings. The fraction of sp³-hybridized carbons (Fsp3) is 0.316. The summed E-state index contributed by atoms with van der Waals surface area (Å²) in [6.45, 7) is 7.95. The predicted octanol–water partition coefficient (Wildman–Crippen LogP) is 3.78. The van der Waals surface area contributed by atoms with E-state index in [2.05, 4.69) is 27.9 Å². The molecule has 5 N–H and O–H groups in total. The van der Waals surface area contributed by atoms with Crippen LogP contribution >= 0.6 is 0 Å². The van der Waals surface area contributed by atoms with Crippen LogP contribution in [0.5, 0.6) is 0 Å². The van der Waals surface area contributed by atoms with Crippen molar-refractivity contribution < 1.29 is 0 Å². The zero-order chi connectivity index (χ0) is 17.5. The van der Waals surface area contributed by atoms with Crippen molar-refractivity contribution in [2.24, 2.45) is 5.73 Å². The standard InChI is InChI=1S/C11H15N3.C8H12N2/c1-3-14-10-7-5-4-6-9(10)13-11(14)8(2)12;1-2-10-8-6-4-3-5-7(8)9/h4-8H,3,12H2,1-2H3;3-6,10H,2,9H2,1H3/t8-;/m1./s1. The van der Waals surface area contributed by atoms with Crippen LogP contribution in [0, 0.1) is 0 Å². The van der Waals surface area contributed by atoms with Crippen molar-refractivity contribution in [3.8, 4) is 0 Å². The number of hydrogen-bond acceptors (Lipinski definition) is 4. The molecule has 0 saturated heterocycles. The molecule has 5 nitrogen and oxygen atoms in total. The average Bonchev–Trinajstić information content (AvgIpc) is 2.97. The van der Waals surface area contributed by atoms with Crippen LogP contribution in [-0.2, 0) is 6.54 Å². The third kappa shape index (κ3) is 4.06. The first-order valence-electron chi connectivity index (χ1n) is 8.37. The second-order valence-corrected chi connectivity index (χ2v) is 5.61. The van der Waals surface area contributed by atoms with Gasteiger partial charge in [0.2, 0.25) is 0 Å². The van der Waals surface area contributed by atoms with Gasteiger partial charge in [-0.15, -0.1) is 0 Å². The van der Waals surface area contributed by atoms with E-state index in [-0.39, 0.29) is 6.04 Å². The lowest BCUT2D eigenvalue weighted by atomic mass is 10.3. The van der Waals surface area contributed by atoms with E-state index >= 15 is 0 Å². The van der Waals surface area contributed by atoms with E-state index < -0.39 is 0 Å². The second kappa shape index (κ2) is 8.36. The molecule has 5 heteroatoms. The molecule has 0 spiro atoms. The van der Waals surface area contributed by atoms with E-state index in [9.17, 15) is 0 Å². The largest absolute Gasteiger partial charge is 0.397 e. The van der Waals surface area contributed by atoms with Gasteiger partial charge < -0.3 is 21.4 Å². The van der Waals surface area contributed by atoms with E-state index in [4.69, 9.17) is 11.5 Å². The van der Waals surface area contributed by atoms with Gasteiger partial charge in [0.1, 0.15) is 5.82 Å². The summed E-state index contributed by atoms with van der Waals surface area (Å²) < 4.78 is 2.17. The zero-order valence-electron chi connectivity index (χ0n) is 14.7. The van der Waals surface area contributed by atoms with Gasteiger partial charge in [0.25, 0.3) is 0 Å². The van der Waals surface area contributed by atoms with Crippen LogP contribution in [0.2, 0.25) is 0 Å². The number of nitrogens with zero attached hydrogens (tertiary/aromatic N) is 2. The Morgan fingerprint density at radius 3 is 2.38 bits per heavy atom. The number of imidazole rings is 1. The maximum atomic E-state index is 5.87. The fourth-order valence-corrected chi connectivity index (χ4v) is 2.62. The molecule has 128 valence electrons. The number of para-hydroxylation sites is 4. The normalized spacial score (nSPS) is 11.7. The van der Waals surface area contributed by atoms with E-state index in [0.29, 0.717) is 0 Å². The second-order valence-electron chi connectivity index (χ2n) is 5.61. The SMILES string of the molecule is CCNc1ccccc1N.CCn1c([C@@H](C)N)nc2ccccc21. The van der Waals surface area contributed by atoms with Gasteiger partial charge in [-0.2, -0.15) is 0 Å². The summed E-state index contributed by atoms with van der Waals surface area (Å²) in [5.74, 6) is 0.966. The molecule has 3 aromatic rings. The van der Waals surface area contributed by atoms with Crippen molar-refractivity contribution in [3.63, 3.8) is 0 Å². The summed E-state index contributed by atoms with van der Waals surface area (Å²) in [4.78, 5) is 4.52. The molecule has 24 heavy (non-hydrogen) atoms. The monoisotopic (exact) mass is 325 g/mol. The fourth-order valence-electron chi connectivity index (χ4n) is 2.62. The van der Waals surface area contributed by atoms with Gasteiger partial charge in [-0.3, -0.25) is 0 Å². The van der Waals surface area contributed by atoms with Gasteiger partial charge in [0.05, 0.1) is 28.5 Å². The Morgan fingerprint density at radius 1 is 1.08 bits per heavy atom. The minimum absolute atomic E-state index is 0.0117. The summed E-state index contributed by atoms with van der Waals surface area (Å²) in [5, 5.41) is 3.15. The number of benzene rings is 2. The maximum Gasteiger partial charge on any atom is 0.126 e. The number of nitrogens with two attached hydrogens (primary N) is 2. The van der Waals surface area contributed by atoms with Gasteiger partial charge >= 0.3 is 0 Å². The van der Waals surface area contributed by atoms with Gasteiger partial charge in [0.15, 0.2) is 0 Å². The Hall–Kier alpha value is -2.53. The summed E-state index contributed by atoms with van der Waals surface area (Å²) >= 11 is 0. The van der Waals surface area contributed by atoms with Crippen molar-refractivity contribution >= 4 is 22.4 Å². The molecule has 0 aliphatic carbocycles. The number of aryl methyl sites for hydroxylation is 1. The highest BCUT2D eigenvalue weighted by molar-refractivity contribution is 5.76. The van der Waals surface area contributed by atoms with Crippen LogP contribution in [0.15, 0.2) is 48.5 Å². The smallest absolute Gasteiger partial charge is 0.126 e. The lowest BCUT2D eigenvalue weighted by Gasteiger charge is -2.07. The van der Waals surface area contributed by atoms with E-state index in [1.807, 2.05) is 56.3 Å². The molecular weight excluding hydrogens is 298 g/mol. The molecule has 1 aromatic heterocycles. The number of fused-ring (bicyclic) bond motifs is 1. The first kappa shape index (κ1) is 17.8. The number of anilines is 2. The Morgan fingerprint density at radius 2 is 1.75 bits per heavy atom. The Kier molecular flexibility index (Phi) is 6.21. The topological polar surface area (TPSA) is 81.9 Å². The number of nitrogens with one attached hydrogen (secondary N) is 1. The molecule has 1 heterocycles. The van der Waals surface area contributed by atoms with Crippen molar-refractivity contribution in [2.45, 2.75) is 33.4 Å². The van der Waals surface area contributed by atoms with Gasteiger partial charge in [0, 0.05) is 13.1 Å². The van der Waals surface area contributed by atoms with E-state index in [1.165, 1.54) is 5.52 Å². The van der Waals surface area contributed by atoms with Gasteiger partial charge in [-0.1, -0.05) is 24.3 Å². The van der Waals surface area contributed by atoms with Crippen LogP contribution in [0.4, 0.5) is 11.4 Å². The van der Waals surface area contributed by atoms with Crippen molar-refractivity contribution in [3.05, 3.63) is 54.4 Å². The third-order valence-electron chi connectivity index (χ3n) is 3.74. The summed E-state index contributed by atoms with van der Waals surface area (Å²) in [6, 6.07) is 15.9. The maximum absolute atomic E-state index is 5.87. The predicted molar refractivity (Wildman–Crippen MR) is 103 cm³/mol. The lowest BCUT2D eigenvalue weighted by Crippen LogP contribution is -2.12. The summed E-state index contributed by atoms with van der Waals surface area (Å²) in [6.07, 6.45) is 0. The van der Waals surface area contributed by atoms with E-state index in [1.54, 1.807) is 0 Å². The molecule has 0 saturated carbocycles. The first-order valence-corrected chi connectivity index (χ1v) is 8.37. The molecule has 0 unspecified atom stereocenters. The molecule has 0 aliphatic heterocycles.